The van der Waals surface area contributed by atoms with Crippen LogP contribution in [-0.2, 0) is 12.8 Å². The van der Waals surface area contributed by atoms with E-state index >= 15 is 0 Å². The molecule has 1 aromatic carbocycles. The number of benzene rings is 1. The first-order valence-corrected chi connectivity index (χ1v) is 9.10. The number of fused-ring (bicyclic) bond motifs is 1. The highest BCUT2D eigenvalue weighted by Crippen LogP contribution is 2.28. The van der Waals surface area contributed by atoms with Gasteiger partial charge in [-0.25, -0.2) is 9.97 Å². The van der Waals surface area contributed by atoms with Gasteiger partial charge >= 0.3 is 0 Å². The Hall–Kier alpha value is -1.65. The second kappa shape index (κ2) is 7.28. The molecule has 0 aliphatic heterocycles. The predicted octanol–water partition coefficient (Wildman–Crippen LogP) is 5.26. The lowest BCUT2D eigenvalue weighted by atomic mass is 10.1. The maximum absolute atomic E-state index is 5.91. The lowest BCUT2D eigenvalue weighted by Gasteiger charge is -2.08. The molecular weight excluding hydrogens is 326 g/mol. The Morgan fingerprint density at radius 3 is 2.70 bits per heavy atom. The molecule has 3 aromatic rings. The molecule has 23 heavy (non-hydrogen) atoms. The summed E-state index contributed by atoms with van der Waals surface area (Å²) >= 11 is 7.64. The van der Waals surface area contributed by atoms with Crippen molar-refractivity contribution in [1.82, 2.24) is 9.97 Å². The number of aryl methyl sites for hydroxylation is 3. The van der Waals surface area contributed by atoms with Crippen LogP contribution in [0.1, 0.15) is 29.6 Å². The first kappa shape index (κ1) is 16.2. The van der Waals surface area contributed by atoms with E-state index in [0.29, 0.717) is 0 Å². The number of aromatic nitrogens is 2. The Balaban J connectivity index is 1.65. The van der Waals surface area contributed by atoms with Crippen LogP contribution in [0, 0.1) is 6.92 Å². The molecule has 0 saturated carbocycles. The standard InChI is InChI=1S/C18H20ClN3S/c1-3-16-21-17(15-11-12(2)23-18(15)22-16)20-10-4-5-13-6-8-14(19)9-7-13/h6-9,11H,3-5,10H2,1-2H3,(H,20,21,22). The maximum atomic E-state index is 5.91. The number of halogens is 1. The van der Waals surface area contributed by atoms with Gasteiger partial charge in [0.25, 0.3) is 0 Å². The zero-order valence-corrected chi connectivity index (χ0v) is 15.0. The van der Waals surface area contributed by atoms with E-state index in [1.807, 2.05) is 12.1 Å². The molecule has 3 rings (SSSR count). The first-order valence-electron chi connectivity index (χ1n) is 7.91. The number of hydrogen-bond donors (Lipinski definition) is 1. The van der Waals surface area contributed by atoms with Crippen molar-refractivity contribution in [2.24, 2.45) is 0 Å². The van der Waals surface area contributed by atoms with Gasteiger partial charge in [0.15, 0.2) is 0 Å². The number of nitrogens with zero attached hydrogens (tertiary/aromatic N) is 2. The fourth-order valence-corrected chi connectivity index (χ4v) is 3.55. The Morgan fingerprint density at radius 2 is 1.96 bits per heavy atom. The van der Waals surface area contributed by atoms with E-state index in [9.17, 15) is 0 Å². The van der Waals surface area contributed by atoms with Crippen LogP contribution in [0.3, 0.4) is 0 Å². The second-order valence-corrected chi connectivity index (χ2v) is 7.25. The van der Waals surface area contributed by atoms with E-state index < -0.39 is 0 Å². The molecule has 0 aliphatic rings. The normalized spacial score (nSPS) is 11.1. The van der Waals surface area contributed by atoms with E-state index in [-0.39, 0.29) is 0 Å². The summed E-state index contributed by atoms with van der Waals surface area (Å²) in [4.78, 5) is 11.6. The second-order valence-electron chi connectivity index (χ2n) is 5.57. The molecule has 1 N–H and O–H groups in total. The minimum absolute atomic E-state index is 0.787. The summed E-state index contributed by atoms with van der Waals surface area (Å²) < 4.78 is 0. The van der Waals surface area contributed by atoms with Gasteiger partial charge in [-0.2, -0.15) is 0 Å². The molecule has 3 nitrogen and oxygen atoms in total. The average molecular weight is 346 g/mol. The number of nitrogens with one attached hydrogen (secondary N) is 1. The van der Waals surface area contributed by atoms with Gasteiger partial charge in [-0.05, 0) is 43.5 Å². The van der Waals surface area contributed by atoms with E-state index in [4.69, 9.17) is 11.6 Å². The van der Waals surface area contributed by atoms with Crippen LogP contribution in [0.5, 0.6) is 0 Å². The summed E-state index contributed by atoms with van der Waals surface area (Å²) in [6.07, 6.45) is 2.94. The SMILES string of the molecule is CCc1nc(NCCCc2ccc(Cl)cc2)c2cc(C)sc2n1. The topological polar surface area (TPSA) is 37.8 Å². The van der Waals surface area contributed by atoms with Crippen LogP contribution in [0.25, 0.3) is 10.2 Å². The molecule has 0 fully saturated rings. The molecule has 2 heterocycles. The lowest BCUT2D eigenvalue weighted by molar-refractivity contribution is 0.855. The molecule has 0 radical (unpaired) electrons. The van der Waals surface area contributed by atoms with E-state index in [0.717, 1.165) is 52.7 Å². The zero-order valence-electron chi connectivity index (χ0n) is 13.4. The number of hydrogen-bond acceptors (Lipinski definition) is 4. The summed E-state index contributed by atoms with van der Waals surface area (Å²) in [7, 11) is 0. The molecule has 0 bridgehead atoms. The lowest BCUT2D eigenvalue weighted by Crippen LogP contribution is -2.07. The zero-order chi connectivity index (χ0) is 16.2. The molecular formula is C18H20ClN3S. The van der Waals surface area contributed by atoms with Crippen molar-refractivity contribution >= 4 is 39.0 Å². The Bertz CT molecular complexity index is 796. The Morgan fingerprint density at radius 1 is 1.17 bits per heavy atom. The smallest absolute Gasteiger partial charge is 0.138 e. The van der Waals surface area contributed by atoms with Gasteiger partial charge < -0.3 is 5.32 Å². The number of anilines is 1. The monoisotopic (exact) mass is 345 g/mol. The highest BCUT2D eigenvalue weighted by atomic mass is 35.5. The summed E-state index contributed by atoms with van der Waals surface area (Å²) in [6, 6.07) is 10.2. The van der Waals surface area contributed by atoms with Crippen LogP contribution >= 0.6 is 22.9 Å². The summed E-state index contributed by atoms with van der Waals surface area (Å²) in [5, 5.41) is 5.41. The van der Waals surface area contributed by atoms with Gasteiger partial charge in [0.05, 0.1) is 5.39 Å². The number of thiophene rings is 1. The van der Waals surface area contributed by atoms with Crippen LogP contribution in [0.15, 0.2) is 30.3 Å². The molecule has 0 unspecified atom stereocenters. The fraction of sp³-hybridized carbons (Fsp3) is 0.333. The van der Waals surface area contributed by atoms with Crippen LogP contribution in [0.2, 0.25) is 5.02 Å². The van der Waals surface area contributed by atoms with Crippen LogP contribution in [-0.4, -0.2) is 16.5 Å². The number of rotatable bonds is 6. The van der Waals surface area contributed by atoms with Crippen molar-refractivity contribution in [3.63, 3.8) is 0 Å². The summed E-state index contributed by atoms with van der Waals surface area (Å²) in [6.45, 7) is 5.10. The molecule has 0 atom stereocenters. The minimum atomic E-state index is 0.787. The minimum Gasteiger partial charge on any atom is -0.369 e. The third-order valence-corrected chi connectivity index (χ3v) is 4.92. The molecule has 0 aliphatic carbocycles. The van der Waals surface area contributed by atoms with E-state index in [1.165, 1.54) is 10.4 Å². The van der Waals surface area contributed by atoms with Crippen LogP contribution in [0.4, 0.5) is 5.82 Å². The fourth-order valence-electron chi connectivity index (χ4n) is 2.53. The van der Waals surface area contributed by atoms with Gasteiger partial charge in [0, 0.05) is 22.9 Å². The van der Waals surface area contributed by atoms with Crippen molar-refractivity contribution < 1.29 is 0 Å². The van der Waals surface area contributed by atoms with Crippen molar-refractivity contribution in [2.75, 3.05) is 11.9 Å². The summed E-state index contributed by atoms with van der Waals surface area (Å²) in [5.74, 6) is 1.87. The Labute approximate surface area is 145 Å². The third kappa shape index (κ3) is 4.01. The van der Waals surface area contributed by atoms with Crippen LogP contribution < -0.4 is 5.32 Å². The third-order valence-electron chi connectivity index (χ3n) is 3.73. The van der Waals surface area contributed by atoms with Crippen molar-refractivity contribution in [3.05, 3.63) is 51.6 Å². The molecule has 0 spiro atoms. The Kier molecular flexibility index (Phi) is 5.13. The van der Waals surface area contributed by atoms with Gasteiger partial charge in [-0.15, -0.1) is 11.3 Å². The predicted molar refractivity (Wildman–Crippen MR) is 99.8 cm³/mol. The highest BCUT2D eigenvalue weighted by molar-refractivity contribution is 7.18. The molecule has 2 aromatic heterocycles. The molecule has 120 valence electrons. The van der Waals surface area contributed by atoms with Gasteiger partial charge in [-0.1, -0.05) is 30.7 Å². The average Bonchev–Trinajstić information content (AvgIpc) is 2.93. The van der Waals surface area contributed by atoms with Gasteiger partial charge in [0.2, 0.25) is 0 Å². The quantitative estimate of drug-likeness (QED) is 0.619. The largest absolute Gasteiger partial charge is 0.369 e. The summed E-state index contributed by atoms with van der Waals surface area (Å²) in [5.41, 5.74) is 1.31. The molecule has 0 saturated heterocycles. The van der Waals surface area contributed by atoms with Gasteiger partial charge in [-0.3, -0.25) is 0 Å². The molecule has 5 heteroatoms. The first-order chi connectivity index (χ1) is 11.2. The van der Waals surface area contributed by atoms with Crippen molar-refractivity contribution in [3.8, 4) is 0 Å². The highest BCUT2D eigenvalue weighted by Gasteiger charge is 2.09. The van der Waals surface area contributed by atoms with Gasteiger partial charge in [0.1, 0.15) is 16.5 Å². The van der Waals surface area contributed by atoms with Crippen molar-refractivity contribution in [2.45, 2.75) is 33.1 Å². The maximum Gasteiger partial charge on any atom is 0.138 e. The van der Waals surface area contributed by atoms with E-state index in [1.54, 1.807) is 11.3 Å². The molecule has 0 amide bonds. The van der Waals surface area contributed by atoms with Crippen molar-refractivity contribution in [1.29, 1.82) is 0 Å². The van der Waals surface area contributed by atoms with E-state index in [2.05, 4.69) is 47.3 Å².